The summed E-state index contributed by atoms with van der Waals surface area (Å²) in [6.07, 6.45) is 7.04. The fourth-order valence-corrected chi connectivity index (χ4v) is 2.11. The Bertz CT molecular complexity index is 302. The molecule has 0 unspecified atom stereocenters. The number of hydrogen-bond acceptors (Lipinski definition) is 0. The number of benzene rings is 1. The zero-order chi connectivity index (χ0) is 10.4. The highest BCUT2D eigenvalue weighted by molar-refractivity contribution is 14.1. The molecule has 1 heteroatoms. The quantitative estimate of drug-likeness (QED) is 0.548. The lowest BCUT2D eigenvalue weighted by molar-refractivity contribution is 0.717. The van der Waals surface area contributed by atoms with Gasteiger partial charge in [-0.2, -0.15) is 0 Å². The van der Waals surface area contributed by atoms with Crippen molar-refractivity contribution in [1.82, 2.24) is 0 Å². The van der Waals surface area contributed by atoms with Crippen molar-refractivity contribution >= 4 is 28.7 Å². The van der Waals surface area contributed by atoms with Crippen molar-refractivity contribution in [3.05, 3.63) is 39.5 Å². The summed E-state index contributed by atoms with van der Waals surface area (Å²) in [5.74, 6) is 0. The molecule has 0 nitrogen and oxygen atoms in total. The summed E-state index contributed by atoms with van der Waals surface area (Å²) in [5.41, 5.74) is 2.74. The summed E-state index contributed by atoms with van der Waals surface area (Å²) in [7, 11) is 0. The normalized spacial score (nSPS) is 10.1. The molecule has 0 fully saturated rings. The zero-order valence-electron chi connectivity index (χ0n) is 8.72. The number of aryl methyl sites for hydroxylation is 1. The molecule has 0 aliphatic heterocycles. The molecule has 0 aliphatic rings. The second-order valence-electron chi connectivity index (χ2n) is 3.50. The van der Waals surface area contributed by atoms with Crippen LogP contribution in [0, 0.1) is 3.57 Å². The van der Waals surface area contributed by atoms with Crippen molar-refractivity contribution < 1.29 is 0 Å². The van der Waals surface area contributed by atoms with E-state index in [1.54, 1.807) is 0 Å². The van der Waals surface area contributed by atoms with E-state index in [0.29, 0.717) is 0 Å². The molecule has 14 heavy (non-hydrogen) atoms. The van der Waals surface area contributed by atoms with E-state index in [4.69, 9.17) is 0 Å². The van der Waals surface area contributed by atoms with E-state index >= 15 is 0 Å². The van der Waals surface area contributed by atoms with Crippen LogP contribution in [0.5, 0.6) is 0 Å². The summed E-state index contributed by atoms with van der Waals surface area (Å²) in [6, 6.07) is 6.57. The third kappa shape index (κ3) is 3.45. The van der Waals surface area contributed by atoms with Gasteiger partial charge in [0.25, 0.3) is 0 Å². The van der Waals surface area contributed by atoms with Crippen molar-refractivity contribution in [3.8, 4) is 0 Å². The van der Waals surface area contributed by atoms with Gasteiger partial charge in [-0.25, -0.2) is 0 Å². The standard InChI is InChI=1S/C13H17I/c1-3-5-6-7-12-10-13(14)9-8-11(12)4-2/h4,8-10H,2-3,5-7H2,1H3. The van der Waals surface area contributed by atoms with Gasteiger partial charge in [0.05, 0.1) is 0 Å². The Kier molecular flexibility index (Phi) is 5.23. The fourth-order valence-electron chi connectivity index (χ4n) is 1.56. The molecule has 1 aromatic carbocycles. The number of hydrogen-bond donors (Lipinski definition) is 0. The van der Waals surface area contributed by atoms with E-state index in [2.05, 4.69) is 54.3 Å². The smallest absolute Gasteiger partial charge is 0.0133 e. The molecule has 0 radical (unpaired) electrons. The zero-order valence-corrected chi connectivity index (χ0v) is 10.9. The largest absolute Gasteiger partial charge is 0.0985 e. The summed E-state index contributed by atoms with van der Waals surface area (Å²) in [4.78, 5) is 0. The first-order valence-electron chi connectivity index (χ1n) is 5.18. The van der Waals surface area contributed by atoms with E-state index in [-0.39, 0.29) is 0 Å². The molecule has 0 saturated heterocycles. The van der Waals surface area contributed by atoms with Gasteiger partial charge in [-0.1, -0.05) is 38.5 Å². The maximum atomic E-state index is 3.85. The van der Waals surface area contributed by atoms with Gasteiger partial charge >= 0.3 is 0 Å². The molecular formula is C13H17I. The van der Waals surface area contributed by atoms with E-state index in [0.717, 1.165) is 0 Å². The summed E-state index contributed by atoms with van der Waals surface area (Å²) >= 11 is 2.37. The average molecular weight is 300 g/mol. The minimum absolute atomic E-state index is 1.19. The number of halogens is 1. The lowest BCUT2D eigenvalue weighted by Crippen LogP contribution is -1.90. The maximum Gasteiger partial charge on any atom is 0.0133 e. The van der Waals surface area contributed by atoms with Crippen LogP contribution in [-0.2, 0) is 6.42 Å². The lowest BCUT2D eigenvalue weighted by atomic mass is 10.0. The summed E-state index contributed by atoms with van der Waals surface area (Å²) in [5, 5.41) is 0. The Hall–Kier alpha value is -0.310. The highest BCUT2D eigenvalue weighted by Crippen LogP contribution is 2.17. The molecule has 1 aromatic rings. The molecule has 0 amide bonds. The van der Waals surface area contributed by atoms with E-state index < -0.39 is 0 Å². The van der Waals surface area contributed by atoms with Crippen LogP contribution in [0.1, 0.15) is 37.3 Å². The van der Waals surface area contributed by atoms with Gasteiger partial charge in [-0.05, 0) is 58.7 Å². The SMILES string of the molecule is C=Cc1ccc(I)cc1CCCCC. The average Bonchev–Trinajstić information content (AvgIpc) is 2.19. The van der Waals surface area contributed by atoms with E-state index in [1.807, 2.05) is 6.08 Å². The molecule has 0 spiro atoms. The number of rotatable bonds is 5. The van der Waals surface area contributed by atoms with Crippen LogP contribution in [0.25, 0.3) is 6.08 Å². The van der Waals surface area contributed by atoms with Crippen molar-refractivity contribution in [2.24, 2.45) is 0 Å². The molecule has 76 valence electrons. The third-order valence-electron chi connectivity index (χ3n) is 2.37. The van der Waals surface area contributed by atoms with Crippen LogP contribution >= 0.6 is 22.6 Å². The first-order valence-corrected chi connectivity index (χ1v) is 6.26. The maximum absolute atomic E-state index is 3.85. The van der Waals surface area contributed by atoms with Crippen molar-refractivity contribution in [2.75, 3.05) is 0 Å². The monoisotopic (exact) mass is 300 g/mol. The first-order chi connectivity index (χ1) is 6.77. The lowest BCUT2D eigenvalue weighted by Gasteiger charge is -2.06. The topological polar surface area (TPSA) is 0 Å². The van der Waals surface area contributed by atoms with Crippen LogP contribution in [0.15, 0.2) is 24.8 Å². The van der Waals surface area contributed by atoms with Crippen molar-refractivity contribution in [1.29, 1.82) is 0 Å². The Labute approximate surface area is 101 Å². The molecule has 0 saturated carbocycles. The highest BCUT2D eigenvalue weighted by atomic mass is 127. The first kappa shape index (κ1) is 11.8. The molecule has 0 aliphatic carbocycles. The second-order valence-corrected chi connectivity index (χ2v) is 4.75. The van der Waals surface area contributed by atoms with Gasteiger partial charge in [0.1, 0.15) is 0 Å². The van der Waals surface area contributed by atoms with Crippen LogP contribution in [0.3, 0.4) is 0 Å². The molecule has 0 heterocycles. The van der Waals surface area contributed by atoms with Crippen LogP contribution in [0.2, 0.25) is 0 Å². The molecule has 1 rings (SSSR count). The van der Waals surface area contributed by atoms with E-state index in [9.17, 15) is 0 Å². The second kappa shape index (κ2) is 6.23. The Morgan fingerprint density at radius 3 is 2.79 bits per heavy atom. The summed E-state index contributed by atoms with van der Waals surface area (Å²) in [6.45, 7) is 6.09. The van der Waals surface area contributed by atoms with Crippen LogP contribution in [-0.4, -0.2) is 0 Å². The molecular weight excluding hydrogens is 283 g/mol. The minimum Gasteiger partial charge on any atom is -0.0985 e. The third-order valence-corrected chi connectivity index (χ3v) is 3.05. The van der Waals surface area contributed by atoms with Gasteiger partial charge < -0.3 is 0 Å². The van der Waals surface area contributed by atoms with Crippen LogP contribution in [0.4, 0.5) is 0 Å². The predicted octanol–water partition coefficient (Wildman–Crippen LogP) is 4.67. The summed E-state index contributed by atoms with van der Waals surface area (Å²) < 4.78 is 1.32. The molecule has 0 N–H and O–H groups in total. The number of unbranched alkanes of at least 4 members (excludes halogenated alkanes) is 2. The van der Waals surface area contributed by atoms with Gasteiger partial charge in [0.2, 0.25) is 0 Å². The van der Waals surface area contributed by atoms with Gasteiger partial charge in [0, 0.05) is 3.57 Å². The molecule has 0 aromatic heterocycles. The predicted molar refractivity (Wildman–Crippen MR) is 72.5 cm³/mol. The van der Waals surface area contributed by atoms with Gasteiger partial charge in [-0.3, -0.25) is 0 Å². The molecule has 0 bridgehead atoms. The van der Waals surface area contributed by atoms with Crippen LogP contribution < -0.4 is 0 Å². The minimum atomic E-state index is 1.19. The highest BCUT2D eigenvalue weighted by Gasteiger charge is 1.99. The fraction of sp³-hybridized carbons (Fsp3) is 0.385. The Balaban J connectivity index is 2.72. The van der Waals surface area contributed by atoms with Gasteiger partial charge in [0.15, 0.2) is 0 Å². The molecule has 0 atom stereocenters. The Morgan fingerprint density at radius 1 is 1.36 bits per heavy atom. The Morgan fingerprint density at radius 2 is 2.14 bits per heavy atom. The van der Waals surface area contributed by atoms with Crippen molar-refractivity contribution in [3.63, 3.8) is 0 Å². The van der Waals surface area contributed by atoms with E-state index in [1.165, 1.54) is 40.4 Å². The van der Waals surface area contributed by atoms with Crippen molar-refractivity contribution in [2.45, 2.75) is 32.6 Å². The van der Waals surface area contributed by atoms with Gasteiger partial charge in [-0.15, -0.1) is 0 Å².